The summed E-state index contributed by atoms with van der Waals surface area (Å²) in [6.07, 6.45) is 0.188. The van der Waals surface area contributed by atoms with Gasteiger partial charge in [-0.2, -0.15) is 0 Å². The zero-order chi connectivity index (χ0) is 22.0. The second kappa shape index (κ2) is 8.78. The number of halogens is 1. The summed E-state index contributed by atoms with van der Waals surface area (Å²) in [6, 6.07) is 21.1. The highest BCUT2D eigenvalue weighted by Crippen LogP contribution is 2.33. The summed E-state index contributed by atoms with van der Waals surface area (Å²) < 4.78 is 38.4. The monoisotopic (exact) mass is 440 g/mol. The minimum atomic E-state index is -3.42. The first-order chi connectivity index (χ1) is 14.8. The molecule has 3 aromatic rings. The van der Waals surface area contributed by atoms with Crippen molar-refractivity contribution in [1.29, 1.82) is 0 Å². The van der Waals surface area contributed by atoms with Gasteiger partial charge < -0.3 is 10.0 Å². The molecule has 0 bridgehead atoms. The number of para-hydroxylation sites is 1. The molecule has 1 aliphatic heterocycles. The van der Waals surface area contributed by atoms with Gasteiger partial charge in [0.05, 0.1) is 10.6 Å². The van der Waals surface area contributed by atoms with Gasteiger partial charge in [0.25, 0.3) is 0 Å². The van der Waals surface area contributed by atoms with Gasteiger partial charge >= 0.3 is 0 Å². The number of aliphatic hydroxyl groups excluding tert-OH is 1. The molecule has 1 heterocycles. The van der Waals surface area contributed by atoms with Crippen molar-refractivity contribution >= 4 is 15.5 Å². The van der Waals surface area contributed by atoms with E-state index < -0.39 is 16.1 Å². The average molecular weight is 441 g/mol. The smallest absolute Gasteiger partial charge is 0.175 e. The van der Waals surface area contributed by atoms with Crippen LogP contribution in [0.2, 0.25) is 0 Å². The molecule has 1 atom stereocenters. The molecule has 31 heavy (non-hydrogen) atoms. The first kappa shape index (κ1) is 21.5. The molecule has 5 nitrogen and oxygen atoms in total. The van der Waals surface area contributed by atoms with Crippen molar-refractivity contribution in [3.8, 4) is 11.1 Å². The molecule has 1 aliphatic rings. The van der Waals surface area contributed by atoms with Crippen LogP contribution in [-0.4, -0.2) is 50.9 Å². The second-order valence-corrected chi connectivity index (χ2v) is 9.75. The quantitative estimate of drug-likeness (QED) is 0.656. The molecule has 1 saturated heterocycles. The first-order valence-corrected chi connectivity index (χ1v) is 12.0. The van der Waals surface area contributed by atoms with Gasteiger partial charge in [-0.1, -0.05) is 48.5 Å². The summed E-state index contributed by atoms with van der Waals surface area (Å²) in [4.78, 5) is 4.03. The summed E-state index contributed by atoms with van der Waals surface area (Å²) in [6.45, 7) is 2.16. The number of sulfone groups is 1. The van der Waals surface area contributed by atoms with E-state index in [1.807, 2.05) is 46.2 Å². The van der Waals surface area contributed by atoms with Crippen molar-refractivity contribution in [1.82, 2.24) is 4.90 Å². The number of rotatable bonds is 5. The number of aliphatic hydroxyl groups is 1. The lowest BCUT2D eigenvalue weighted by molar-refractivity contribution is -0.00139. The van der Waals surface area contributed by atoms with Crippen molar-refractivity contribution in [2.24, 2.45) is 0 Å². The molecule has 0 amide bonds. The molecule has 0 radical (unpaired) electrons. The number of benzene rings is 3. The molecule has 0 saturated carbocycles. The fourth-order valence-corrected chi connectivity index (χ4v) is 4.63. The molecule has 1 fully saturated rings. The largest absolute Gasteiger partial charge is 0.374 e. The Bertz CT molecular complexity index is 1160. The van der Waals surface area contributed by atoms with E-state index in [-0.39, 0.29) is 10.7 Å². The van der Waals surface area contributed by atoms with Gasteiger partial charge in [-0.25, -0.2) is 12.8 Å². The molecule has 0 aliphatic carbocycles. The molecule has 0 spiro atoms. The highest BCUT2D eigenvalue weighted by atomic mass is 32.2. The maximum atomic E-state index is 14.1. The topological polar surface area (TPSA) is 60.9 Å². The normalized spacial score (nSPS) is 16.3. The molecule has 162 valence electrons. The van der Waals surface area contributed by atoms with Gasteiger partial charge in [-0.3, -0.25) is 4.90 Å². The van der Waals surface area contributed by atoms with Crippen LogP contribution in [0, 0.1) is 5.82 Å². The zero-order valence-electron chi connectivity index (χ0n) is 17.3. The summed E-state index contributed by atoms with van der Waals surface area (Å²) in [5, 5.41) is 11.2. The van der Waals surface area contributed by atoms with E-state index in [0.717, 1.165) is 17.4 Å². The van der Waals surface area contributed by atoms with Gasteiger partial charge in [0.1, 0.15) is 12.0 Å². The molecule has 0 aromatic heterocycles. The third-order valence-corrected chi connectivity index (χ3v) is 6.78. The highest BCUT2D eigenvalue weighted by molar-refractivity contribution is 7.90. The van der Waals surface area contributed by atoms with Crippen molar-refractivity contribution in [2.45, 2.75) is 11.1 Å². The SMILES string of the molecule is CS(=O)(=O)c1ccc(-c2ccccc2)c(C(O)N2CCN(c3ccccc3F)CC2)c1. The van der Waals surface area contributed by atoms with Crippen LogP contribution in [-0.2, 0) is 9.84 Å². The third kappa shape index (κ3) is 4.63. The maximum Gasteiger partial charge on any atom is 0.175 e. The van der Waals surface area contributed by atoms with E-state index in [1.54, 1.807) is 30.3 Å². The van der Waals surface area contributed by atoms with E-state index in [2.05, 4.69) is 0 Å². The molecular formula is C24H25FN2O3S. The molecule has 7 heteroatoms. The Morgan fingerprint density at radius 1 is 0.903 bits per heavy atom. The third-order valence-electron chi connectivity index (χ3n) is 5.67. The summed E-state index contributed by atoms with van der Waals surface area (Å²) >= 11 is 0. The Kier molecular flexibility index (Phi) is 6.09. The van der Waals surface area contributed by atoms with Crippen LogP contribution in [0.4, 0.5) is 10.1 Å². The molecule has 3 aromatic carbocycles. The first-order valence-electron chi connectivity index (χ1n) is 10.2. The summed E-state index contributed by atoms with van der Waals surface area (Å²) in [7, 11) is -3.42. The average Bonchev–Trinajstić information content (AvgIpc) is 2.79. The highest BCUT2D eigenvalue weighted by Gasteiger charge is 2.27. The minimum absolute atomic E-state index is 0.172. The van der Waals surface area contributed by atoms with Crippen LogP contribution >= 0.6 is 0 Å². The second-order valence-electron chi connectivity index (χ2n) is 7.74. The molecular weight excluding hydrogens is 415 g/mol. The Balaban J connectivity index is 1.62. The summed E-state index contributed by atoms with van der Waals surface area (Å²) in [5.41, 5.74) is 2.80. The number of anilines is 1. The van der Waals surface area contributed by atoms with Gasteiger partial charge in [0.15, 0.2) is 9.84 Å². The van der Waals surface area contributed by atoms with Gasteiger partial charge in [-0.05, 0) is 35.4 Å². The van der Waals surface area contributed by atoms with Crippen molar-refractivity contribution in [3.05, 3.63) is 84.2 Å². The Hall–Kier alpha value is -2.74. The van der Waals surface area contributed by atoms with Crippen molar-refractivity contribution in [2.75, 3.05) is 37.3 Å². The van der Waals surface area contributed by atoms with E-state index in [9.17, 15) is 17.9 Å². The van der Waals surface area contributed by atoms with Crippen LogP contribution < -0.4 is 4.90 Å². The summed E-state index contributed by atoms with van der Waals surface area (Å²) in [5.74, 6) is -0.260. The predicted molar refractivity (Wildman–Crippen MR) is 120 cm³/mol. The maximum absolute atomic E-state index is 14.1. The fourth-order valence-electron chi connectivity index (χ4n) is 3.98. The fraction of sp³-hybridized carbons (Fsp3) is 0.250. The Morgan fingerprint density at radius 2 is 1.55 bits per heavy atom. The van der Waals surface area contributed by atoms with E-state index in [1.165, 1.54) is 6.07 Å². The van der Waals surface area contributed by atoms with E-state index in [0.29, 0.717) is 37.4 Å². The van der Waals surface area contributed by atoms with E-state index in [4.69, 9.17) is 0 Å². The van der Waals surface area contributed by atoms with Crippen LogP contribution in [0.5, 0.6) is 0 Å². The predicted octanol–water partition coefficient (Wildman–Crippen LogP) is 3.71. The van der Waals surface area contributed by atoms with Crippen LogP contribution in [0.3, 0.4) is 0 Å². The van der Waals surface area contributed by atoms with Crippen molar-refractivity contribution < 1.29 is 17.9 Å². The van der Waals surface area contributed by atoms with Gasteiger partial charge in [0.2, 0.25) is 0 Å². The number of hydrogen-bond acceptors (Lipinski definition) is 5. The molecule has 4 rings (SSSR count). The number of piperazine rings is 1. The Morgan fingerprint density at radius 3 is 2.19 bits per heavy atom. The number of nitrogens with zero attached hydrogens (tertiary/aromatic N) is 2. The van der Waals surface area contributed by atoms with Gasteiger partial charge in [-0.15, -0.1) is 0 Å². The van der Waals surface area contributed by atoms with Crippen LogP contribution in [0.25, 0.3) is 11.1 Å². The van der Waals surface area contributed by atoms with E-state index >= 15 is 0 Å². The van der Waals surface area contributed by atoms with Crippen LogP contribution in [0.15, 0.2) is 77.7 Å². The zero-order valence-corrected chi connectivity index (χ0v) is 18.1. The Labute approximate surface area is 182 Å². The molecule has 1 N–H and O–H groups in total. The van der Waals surface area contributed by atoms with Gasteiger partial charge in [0, 0.05) is 38.0 Å². The number of hydrogen-bond donors (Lipinski definition) is 1. The van der Waals surface area contributed by atoms with Crippen molar-refractivity contribution in [3.63, 3.8) is 0 Å². The molecule has 1 unspecified atom stereocenters. The standard InChI is InChI=1S/C24H25FN2O3S/c1-31(29,30)19-11-12-20(18-7-3-2-4-8-18)21(17-19)24(28)27-15-13-26(14-16-27)23-10-6-5-9-22(23)25/h2-12,17,24,28H,13-16H2,1H3. The van der Waals surface area contributed by atoms with Crippen LogP contribution in [0.1, 0.15) is 11.8 Å². The lowest BCUT2D eigenvalue weighted by Gasteiger charge is -2.39. The lowest BCUT2D eigenvalue weighted by atomic mass is 9.98. The minimum Gasteiger partial charge on any atom is -0.374 e. The lowest BCUT2D eigenvalue weighted by Crippen LogP contribution is -2.48.